The van der Waals surface area contributed by atoms with Crippen molar-refractivity contribution in [1.82, 2.24) is 9.80 Å². The standard InChI is InChI=1S/C20H22F3N3O3S/c1-12-9-25(11-14-7-17(21)19(23)18(22)8-14)10-13(2)26(12)20(27)15-3-5-16(6-4-15)24-30(28)29/h3-8,12-13,30H,9-11H2,1-2H3,(H,24,28,29). The average molecular weight is 441 g/mol. The Labute approximate surface area is 174 Å². The molecule has 0 aliphatic carbocycles. The van der Waals surface area contributed by atoms with Crippen molar-refractivity contribution >= 4 is 22.5 Å². The van der Waals surface area contributed by atoms with E-state index < -0.39 is 28.3 Å². The smallest absolute Gasteiger partial charge is 0.254 e. The summed E-state index contributed by atoms with van der Waals surface area (Å²) in [6.07, 6.45) is 0. The first-order valence-electron chi connectivity index (χ1n) is 9.35. The molecule has 0 spiro atoms. The molecule has 2 aromatic carbocycles. The zero-order chi connectivity index (χ0) is 22.0. The molecule has 3 rings (SSSR count). The van der Waals surface area contributed by atoms with Gasteiger partial charge in [-0.25, -0.2) is 21.6 Å². The number of carbonyl (C=O) groups excluding carboxylic acids is 1. The molecule has 2 atom stereocenters. The zero-order valence-corrected chi connectivity index (χ0v) is 17.3. The van der Waals surface area contributed by atoms with E-state index in [1.165, 1.54) is 12.1 Å². The first-order chi connectivity index (χ1) is 14.2. The van der Waals surface area contributed by atoms with Crippen molar-refractivity contribution in [3.63, 3.8) is 0 Å². The number of benzene rings is 2. The minimum Gasteiger partial charge on any atom is -0.331 e. The van der Waals surface area contributed by atoms with Crippen LogP contribution in [0.15, 0.2) is 36.4 Å². The van der Waals surface area contributed by atoms with Gasteiger partial charge in [-0.2, -0.15) is 0 Å². The van der Waals surface area contributed by atoms with Gasteiger partial charge < -0.3 is 4.90 Å². The molecule has 1 N–H and O–H groups in total. The molecule has 1 fully saturated rings. The highest BCUT2D eigenvalue weighted by Gasteiger charge is 2.33. The predicted octanol–water partition coefficient (Wildman–Crippen LogP) is 2.78. The van der Waals surface area contributed by atoms with Crippen LogP contribution in [0.1, 0.15) is 29.8 Å². The highest BCUT2D eigenvalue weighted by molar-refractivity contribution is 7.73. The van der Waals surface area contributed by atoms with Gasteiger partial charge >= 0.3 is 0 Å². The van der Waals surface area contributed by atoms with Crippen LogP contribution in [0.4, 0.5) is 18.9 Å². The lowest BCUT2D eigenvalue weighted by atomic mass is 10.0. The number of piperazine rings is 1. The van der Waals surface area contributed by atoms with Gasteiger partial charge in [0.2, 0.25) is 10.9 Å². The summed E-state index contributed by atoms with van der Waals surface area (Å²) in [7, 11) is -2.78. The number of halogens is 3. The monoisotopic (exact) mass is 441 g/mol. The molecule has 30 heavy (non-hydrogen) atoms. The summed E-state index contributed by atoms with van der Waals surface area (Å²) in [6, 6.07) is 7.75. The Balaban J connectivity index is 1.69. The van der Waals surface area contributed by atoms with Crippen molar-refractivity contribution in [2.75, 3.05) is 17.8 Å². The van der Waals surface area contributed by atoms with Crippen molar-refractivity contribution < 1.29 is 26.4 Å². The molecule has 1 heterocycles. The number of thiol groups is 1. The first kappa shape index (κ1) is 22.1. The van der Waals surface area contributed by atoms with E-state index in [-0.39, 0.29) is 24.5 Å². The van der Waals surface area contributed by atoms with Crippen LogP contribution in [0, 0.1) is 17.5 Å². The fourth-order valence-electron chi connectivity index (χ4n) is 3.86. The van der Waals surface area contributed by atoms with Crippen molar-refractivity contribution in [2.24, 2.45) is 0 Å². The van der Waals surface area contributed by atoms with E-state index in [1.54, 1.807) is 17.0 Å². The van der Waals surface area contributed by atoms with Gasteiger partial charge in [0.25, 0.3) is 5.91 Å². The van der Waals surface area contributed by atoms with Crippen molar-refractivity contribution in [3.05, 3.63) is 65.0 Å². The quantitative estimate of drug-likeness (QED) is 0.553. The number of rotatable bonds is 5. The molecule has 2 aromatic rings. The van der Waals surface area contributed by atoms with Gasteiger partial charge in [0.15, 0.2) is 17.5 Å². The molecule has 0 radical (unpaired) electrons. The number of hydrogen-bond acceptors (Lipinski definition) is 4. The molecule has 6 nitrogen and oxygen atoms in total. The van der Waals surface area contributed by atoms with Gasteiger partial charge in [-0.1, -0.05) is 0 Å². The van der Waals surface area contributed by atoms with Crippen LogP contribution in [-0.4, -0.2) is 49.3 Å². The topological polar surface area (TPSA) is 69.7 Å². The second kappa shape index (κ2) is 9.05. The Morgan fingerprint density at radius 1 is 1.03 bits per heavy atom. The van der Waals surface area contributed by atoms with E-state index in [1.807, 2.05) is 18.7 Å². The lowest BCUT2D eigenvalue weighted by Crippen LogP contribution is -2.58. The van der Waals surface area contributed by atoms with E-state index in [0.29, 0.717) is 29.9 Å². The number of nitrogens with zero attached hydrogens (tertiary/aromatic N) is 2. The molecule has 1 aliphatic heterocycles. The Bertz CT molecular complexity index is 971. The van der Waals surface area contributed by atoms with Gasteiger partial charge in [-0.15, -0.1) is 0 Å². The molecule has 1 amide bonds. The lowest BCUT2D eigenvalue weighted by Gasteiger charge is -2.44. The van der Waals surface area contributed by atoms with Gasteiger partial charge in [0.1, 0.15) is 0 Å². The second-order valence-corrected chi connectivity index (χ2v) is 8.16. The second-order valence-electron chi connectivity index (χ2n) is 7.42. The minimum atomic E-state index is -2.78. The molecular formula is C20H22F3N3O3S. The first-order valence-corrected chi connectivity index (χ1v) is 10.5. The molecule has 0 aromatic heterocycles. The predicted molar refractivity (Wildman–Crippen MR) is 107 cm³/mol. The van der Waals surface area contributed by atoms with Gasteiger partial charge in [-0.05, 0) is 55.8 Å². The van der Waals surface area contributed by atoms with E-state index in [2.05, 4.69) is 4.72 Å². The molecule has 0 saturated carbocycles. The molecule has 2 unspecified atom stereocenters. The largest absolute Gasteiger partial charge is 0.331 e. The Morgan fingerprint density at radius 2 is 1.57 bits per heavy atom. The van der Waals surface area contributed by atoms with Crippen LogP contribution in [0.5, 0.6) is 0 Å². The Kier molecular flexibility index (Phi) is 6.67. The lowest BCUT2D eigenvalue weighted by molar-refractivity contribution is 0.0268. The Morgan fingerprint density at radius 3 is 2.07 bits per heavy atom. The number of nitrogens with one attached hydrogen (secondary N) is 1. The van der Waals surface area contributed by atoms with Crippen molar-refractivity contribution in [3.8, 4) is 0 Å². The maximum atomic E-state index is 13.5. The van der Waals surface area contributed by atoms with Crippen LogP contribution in [0.25, 0.3) is 0 Å². The van der Waals surface area contributed by atoms with Crippen molar-refractivity contribution in [2.45, 2.75) is 32.5 Å². The summed E-state index contributed by atoms with van der Waals surface area (Å²) in [5.74, 6) is -4.12. The Hall–Kier alpha value is -2.59. The van der Waals surface area contributed by atoms with Crippen LogP contribution in [-0.2, 0) is 17.4 Å². The zero-order valence-electron chi connectivity index (χ0n) is 16.4. The van der Waals surface area contributed by atoms with Gasteiger partial charge in [0.05, 0.1) is 0 Å². The maximum absolute atomic E-state index is 13.5. The normalized spacial score (nSPS) is 19.9. The van der Waals surface area contributed by atoms with Crippen LogP contribution >= 0.6 is 0 Å². The molecule has 1 aliphatic rings. The van der Waals surface area contributed by atoms with E-state index in [9.17, 15) is 26.4 Å². The average Bonchev–Trinajstić information content (AvgIpc) is 2.65. The fourth-order valence-corrected chi connectivity index (χ4v) is 4.22. The SMILES string of the molecule is CC1CN(Cc2cc(F)c(F)c(F)c2)CC(C)N1C(=O)c1ccc(N[SH](=O)=O)cc1. The minimum absolute atomic E-state index is 0.176. The van der Waals surface area contributed by atoms with Gasteiger partial charge in [0, 0.05) is 43.0 Å². The molecule has 1 saturated heterocycles. The fraction of sp³-hybridized carbons (Fsp3) is 0.350. The van der Waals surface area contributed by atoms with E-state index in [0.717, 1.165) is 12.1 Å². The third-order valence-corrected chi connectivity index (χ3v) is 5.47. The van der Waals surface area contributed by atoms with E-state index >= 15 is 0 Å². The van der Waals surface area contributed by atoms with Gasteiger partial charge in [-0.3, -0.25) is 14.4 Å². The maximum Gasteiger partial charge on any atom is 0.254 e. The number of amides is 1. The van der Waals surface area contributed by atoms with E-state index in [4.69, 9.17) is 0 Å². The van der Waals surface area contributed by atoms with Crippen LogP contribution < -0.4 is 4.72 Å². The molecule has 10 heteroatoms. The molecular weight excluding hydrogens is 419 g/mol. The third kappa shape index (κ3) is 4.93. The number of anilines is 1. The summed E-state index contributed by atoms with van der Waals surface area (Å²) in [6.45, 7) is 4.95. The molecule has 162 valence electrons. The summed E-state index contributed by atoms with van der Waals surface area (Å²) in [5.41, 5.74) is 1.12. The third-order valence-electron chi connectivity index (χ3n) is 5.03. The summed E-state index contributed by atoms with van der Waals surface area (Å²) < 4.78 is 63.8. The summed E-state index contributed by atoms with van der Waals surface area (Å²) >= 11 is 0. The summed E-state index contributed by atoms with van der Waals surface area (Å²) in [5, 5.41) is 0. The molecule has 0 bridgehead atoms. The highest BCUT2D eigenvalue weighted by atomic mass is 32.2. The number of hydrogen-bond donors (Lipinski definition) is 2. The van der Waals surface area contributed by atoms with Crippen LogP contribution in [0.2, 0.25) is 0 Å². The highest BCUT2D eigenvalue weighted by Crippen LogP contribution is 2.22. The summed E-state index contributed by atoms with van der Waals surface area (Å²) in [4.78, 5) is 16.7. The van der Waals surface area contributed by atoms with Crippen LogP contribution in [0.3, 0.4) is 0 Å². The van der Waals surface area contributed by atoms with Crippen molar-refractivity contribution in [1.29, 1.82) is 0 Å². The number of carbonyl (C=O) groups is 1.